The van der Waals surface area contributed by atoms with E-state index in [9.17, 15) is 0 Å². The van der Waals surface area contributed by atoms with Crippen molar-refractivity contribution in [1.29, 1.82) is 0 Å². The van der Waals surface area contributed by atoms with Crippen molar-refractivity contribution in [2.75, 3.05) is 11.9 Å². The third kappa shape index (κ3) is 3.43. The van der Waals surface area contributed by atoms with Gasteiger partial charge in [0.05, 0.1) is 3.79 Å². The Kier molecular flexibility index (Phi) is 4.15. The maximum atomic E-state index is 5.75. The fourth-order valence-electron chi connectivity index (χ4n) is 1.23. The molecule has 0 bridgehead atoms. The lowest BCUT2D eigenvalue weighted by Gasteiger charge is -2.03. The van der Waals surface area contributed by atoms with E-state index in [0.29, 0.717) is 5.15 Å². The maximum Gasteiger partial charge on any atom is 0.134 e. The van der Waals surface area contributed by atoms with Gasteiger partial charge in [-0.15, -0.1) is 11.3 Å². The number of aromatic nitrogens is 2. The Morgan fingerprint density at radius 3 is 2.94 bits per heavy atom. The minimum atomic E-state index is 0.455. The summed E-state index contributed by atoms with van der Waals surface area (Å²) in [5.41, 5.74) is 0. The summed E-state index contributed by atoms with van der Waals surface area (Å²) in [6.45, 7) is 0.834. The Bertz CT molecular complexity index is 475. The van der Waals surface area contributed by atoms with Crippen LogP contribution in [0.5, 0.6) is 0 Å². The standard InChI is InChI=1S/C10H9BrClN3S/c11-8-2-1-7(16-8)3-4-13-10-5-9(12)14-6-15-10/h1-2,5-6H,3-4H2,(H,13,14,15). The quantitative estimate of drug-likeness (QED) is 0.875. The summed E-state index contributed by atoms with van der Waals surface area (Å²) < 4.78 is 1.16. The van der Waals surface area contributed by atoms with Crippen LogP contribution in [-0.2, 0) is 6.42 Å². The first-order valence-electron chi connectivity index (χ1n) is 4.69. The first-order chi connectivity index (χ1) is 7.74. The highest BCUT2D eigenvalue weighted by atomic mass is 79.9. The number of rotatable bonds is 4. The molecule has 0 unspecified atom stereocenters. The third-order valence-corrected chi connectivity index (χ3v) is 3.83. The zero-order valence-electron chi connectivity index (χ0n) is 8.28. The van der Waals surface area contributed by atoms with Crippen LogP contribution >= 0.6 is 38.9 Å². The zero-order valence-corrected chi connectivity index (χ0v) is 11.4. The van der Waals surface area contributed by atoms with Gasteiger partial charge in [0.1, 0.15) is 17.3 Å². The highest BCUT2D eigenvalue weighted by Gasteiger charge is 1.99. The van der Waals surface area contributed by atoms with E-state index < -0.39 is 0 Å². The van der Waals surface area contributed by atoms with Gasteiger partial charge < -0.3 is 5.32 Å². The Morgan fingerprint density at radius 2 is 2.25 bits per heavy atom. The zero-order chi connectivity index (χ0) is 11.4. The van der Waals surface area contributed by atoms with Crippen molar-refractivity contribution in [3.8, 4) is 0 Å². The normalized spacial score (nSPS) is 10.4. The summed E-state index contributed by atoms with van der Waals surface area (Å²) in [5.74, 6) is 0.760. The molecule has 2 aromatic heterocycles. The molecule has 2 rings (SSSR count). The Morgan fingerprint density at radius 1 is 1.38 bits per heavy atom. The van der Waals surface area contributed by atoms with E-state index >= 15 is 0 Å². The number of anilines is 1. The maximum absolute atomic E-state index is 5.75. The highest BCUT2D eigenvalue weighted by molar-refractivity contribution is 9.11. The third-order valence-electron chi connectivity index (χ3n) is 1.94. The van der Waals surface area contributed by atoms with Crippen LogP contribution in [0, 0.1) is 0 Å². The first kappa shape index (κ1) is 11.8. The lowest BCUT2D eigenvalue weighted by Crippen LogP contribution is -2.05. The van der Waals surface area contributed by atoms with Gasteiger partial charge in [0.15, 0.2) is 0 Å². The predicted octanol–water partition coefficient (Wildman–Crippen LogP) is 3.61. The van der Waals surface area contributed by atoms with Crippen LogP contribution in [0.2, 0.25) is 5.15 Å². The molecule has 0 fully saturated rings. The van der Waals surface area contributed by atoms with Crippen LogP contribution < -0.4 is 5.32 Å². The molecule has 0 saturated carbocycles. The lowest BCUT2D eigenvalue weighted by atomic mass is 10.3. The molecule has 3 nitrogen and oxygen atoms in total. The van der Waals surface area contributed by atoms with Gasteiger partial charge in [0.2, 0.25) is 0 Å². The molecule has 16 heavy (non-hydrogen) atoms. The molecule has 0 aliphatic carbocycles. The van der Waals surface area contributed by atoms with Gasteiger partial charge in [-0.2, -0.15) is 0 Å². The molecular weight excluding hydrogens is 310 g/mol. The van der Waals surface area contributed by atoms with Gasteiger partial charge in [-0.25, -0.2) is 9.97 Å². The molecule has 0 saturated heterocycles. The van der Waals surface area contributed by atoms with Crippen LogP contribution in [0.15, 0.2) is 28.3 Å². The molecule has 0 radical (unpaired) electrons. The van der Waals surface area contributed by atoms with Crippen molar-refractivity contribution < 1.29 is 0 Å². The van der Waals surface area contributed by atoms with Gasteiger partial charge in [0.25, 0.3) is 0 Å². The van der Waals surface area contributed by atoms with E-state index in [0.717, 1.165) is 22.6 Å². The summed E-state index contributed by atoms with van der Waals surface area (Å²) in [5, 5.41) is 3.65. The second kappa shape index (κ2) is 5.61. The van der Waals surface area contributed by atoms with Gasteiger partial charge in [-0.1, -0.05) is 11.6 Å². The average molecular weight is 319 g/mol. The lowest BCUT2D eigenvalue weighted by molar-refractivity contribution is 1.02. The average Bonchev–Trinajstić information content (AvgIpc) is 2.64. The van der Waals surface area contributed by atoms with Crippen LogP contribution in [0.1, 0.15) is 4.88 Å². The Labute approximate surface area is 111 Å². The second-order valence-corrected chi connectivity index (χ2v) is 6.04. The Hall–Kier alpha value is -0.650. The molecule has 0 atom stereocenters. The Balaban J connectivity index is 1.84. The molecule has 2 heterocycles. The van der Waals surface area contributed by atoms with Crippen molar-refractivity contribution >= 4 is 44.7 Å². The number of thiophene rings is 1. The van der Waals surface area contributed by atoms with E-state index in [1.54, 1.807) is 17.4 Å². The summed E-state index contributed by atoms with van der Waals surface area (Å²) in [7, 11) is 0. The smallest absolute Gasteiger partial charge is 0.134 e. The molecule has 0 spiro atoms. The largest absolute Gasteiger partial charge is 0.370 e. The van der Waals surface area contributed by atoms with Gasteiger partial charge in [0, 0.05) is 17.5 Å². The number of nitrogens with one attached hydrogen (secondary N) is 1. The molecule has 1 N–H and O–H groups in total. The molecule has 0 aliphatic rings. The molecule has 6 heteroatoms. The molecule has 0 aliphatic heterocycles. The van der Waals surface area contributed by atoms with E-state index in [-0.39, 0.29) is 0 Å². The molecule has 84 valence electrons. The molecular formula is C10H9BrClN3S. The SMILES string of the molecule is Clc1cc(NCCc2ccc(Br)s2)ncn1. The van der Waals surface area contributed by atoms with Crippen molar-refractivity contribution in [3.63, 3.8) is 0 Å². The molecule has 0 aromatic carbocycles. The van der Waals surface area contributed by atoms with E-state index in [4.69, 9.17) is 11.6 Å². The fourth-order valence-corrected chi connectivity index (χ4v) is 2.86. The number of hydrogen-bond acceptors (Lipinski definition) is 4. The van der Waals surface area contributed by atoms with Crippen molar-refractivity contribution in [1.82, 2.24) is 9.97 Å². The van der Waals surface area contributed by atoms with Crippen LogP contribution in [0.3, 0.4) is 0 Å². The van der Waals surface area contributed by atoms with E-state index in [1.165, 1.54) is 11.2 Å². The summed E-state index contributed by atoms with van der Waals surface area (Å²) in [4.78, 5) is 9.22. The topological polar surface area (TPSA) is 37.8 Å². The van der Waals surface area contributed by atoms with E-state index in [1.807, 2.05) is 0 Å². The second-order valence-electron chi connectivity index (χ2n) is 3.11. The first-order valence-corrected chi connectivity index (χ1v) is 6.68. The molecule has 2 aromatic rings. The number of halogens is 2. The van der Waals surface area contributed by atoms with Crippen LogP contribution in [-0.4, -0.2) is 16.5 Å². The van der Waals surface area contributed by atoms with Crippen LogP contribution in [0.25, 0.3) is 0 Å². The van der Waals surface area contributed by atoms with Crippen molar-refractivity contribution in [2.45, 2.75) is 6.42 Å². The monoisotopic (exact) mass is 317 g/mol. The van der Waals surface area contributed by atoms with Crippen LogP contribution in [0.4, 0.5) is 5.82 Å². The van der Waals surface area contributed by atoms with E-state index in [2.05, 4.69) is 43.3 Å². The minimum absolute atomic E-state index is 0.455. The fraction of sp³-hybridized carbons (Fsp3) is 0.200. The van der Waals surface area contributed by atoms with Gasteiger partial charge in [-0.05, 0) is 34.5 Å². The molecule has 0 amide bonds. The van der Waals surface area contributed by atoms with Crippen molar-refractivity contribution in [3.05, 3.63) is 38.3 Å². The summed E-state index contributed by atoms with van der Waals surface area (Å²) in [6.07, 6.45) is 2.42. The summed E-state index contributed by atoms with van der Waals surface area (Å²) in [6, 6.07) is 5.89. The minimum Gasteiger partial charge on any atom is -0.370 e. The predicted molar refractivity (Wildman–Crippen MR) is 71.3 cm³/mol. The van der Waals surface area contributed by atoms with Crippen molar-refractivity contribution in [2.24, 2.45) is 0 Å². The number of nitrogens with zero attached hydrogens (tertiary/aromatic N) is 2. The summed E-state index contributed by atoms with van der Waals surface area (Å²) >= 11 is 10.9. The van der Waals surface area contributed by atoms with Gasteiger partial charge in [-0.3, -0.25) is 0 Å². The number of hydrogen-bond donors (Lipinski definition) is 1. The van der Waals surface area contributed by atoms with Gasteiger partial charge >= 0.3 is 0 Å². The highest BCUT2D eigenvalue weighted by Crippen LogP contribution is 2.22.